The van der Waals surface area contributed by atoms with Crippen LogP contribution in [0.25, 0.3) is 0 Å². The van der Waals surface area contributed by atoms with E-state index in [9.17, 15) is 4.79 Å². The van der Waals surface area contributed by atoms with Crippen LogP contribution in [0.1, 0.15) is 10.4 Å². The second-order valence-electron chi connectivity index (χ2n) is 2.95. The fourth-order valence-electron chi connectivity index (χ4n) is 1.08. The molecule has 5 N–H and O–H groups in total. The summed E-state index contributed by atoms with van der Waals surface area (Å²) in [4.78, 5) is 15.1. The van der Waals surface area contributed by atoms with Crippen molar-refractivity contribution < 1.29 is 4.79 Å². The van der Waals surface area contributed by atoms with Crippen LogP contribution in [-0.2, 0) is 0 Å². The smallest absolute Gasteiger partial charge is 0.252 e. The summed E-state index contributed by atoms with van der Waals surface area (Å²) in [6, 6.07) is 1.52. The molecule has 0 aliphatic rings. The Morgan fingerprint density at radius 3 is 3.00 bits per heavy atom. The van der Waals surface area contributed by atoms with Crippen molar-refractivity contribution in [1.82, 2.24) is 4.98 Å². The normalized spacial score (nSPS) is 9.93. The maximum absolute atomic E-state index is 11.1. The number of anilines is 2. The number of carbonyl (C=O) groups excluding carboxylic acids is 1. The van der Waals surface area contributed by atoms with E-state index in [0.29, 0.717) is 17.1 Å². The third-order valence-corrected chi connectivity index (χ3v) is 2.39. The maximum Gasteiger partial charge on any atom is 0.252 e. The molecule has 0 saturated carbocycles. The van der Waals surface area contributed by atoms with Crippen LogP contribution >= 0.6 is 11.8 Å². The van der Waals surface area contributed by atoms with Gasteiger partial charge in [0.2, 0.25) is 0 Å². The van der Waals surface area contributed by atoms with Crippen LogP contribution in [0.2, 0.25) is 0 Å². The van der Waals surface area contributed by atoms with Gasteiger partial charge in [-0.3, -0.25) is 4.79 Å². The van der Waals surface area contributed by atoms with Crippen LogP contribution in [0.5, 0.6) is 0 Å². The van der Waals surface area contributed by atoms with Crippen molar-refractivity contribution in [3.05, 3.63) is 17.8 Å². The van der Waals surface area contributed by atoms with Crippen LogP contribution in [-0.4, -0.2) is 29.4 Å². The summed E-state index contributed by atoms with van der Waals surface area (Å²) in [7, 11) is 0. The molecule has 0 aliphatic carbocycles. The number of nitrogens with zero attached hydrogens (tertiary/aromatic N) is 1. The molecular formula is C9H14N4OS. The minimum absolute atomic E-state index is 0.330. The summed E-state index contributed by atoms with van der Waals surface area (Å²) in [6.45, 7) is 0.734. The largest absolute Gasteiger partial charge is 0.397 e. The van der Waals surface area contributed by atoms with Gasteiger partial charge in [-0.05, 0) is 12.3 Å². The number of primary amides is 1. The molecule has 1 amide bonds. The Morgan fingerprint density at radius 1 is 1.67 bits per heavy atom. The number of nitrogen functional groups attached to an aromatic ring is 1. The van der Waals surface area contributed by atoms with Gasteiger partial charge in [-0.1, -0.05) is 0 Å². The highest BCUT2D eigenvalue weighted by Crippen LogP contribution is 2.14. The number of hydrogen-bond acceptors (Lipinski definition) is 5. The van der Waals surface area contributed by atoms with Crippen molar-refractivity contribution in [2.75, 3.05) is 29.6 Å². The Kier molecular flexibility index (Phi) is 4.23. The third kappa shape index (κ3) is 3.32. The number of thioether (sulfide) groups is 1. The fraction of sp³-hybridized carbons (Fsp3) is 0.333. The van der Waals surface area contributed by atoms with Gasteiger partial charge >= 0.3 is 0 Å². The first-order valence-electron chi connectivity index (χ1n) is 4.43. The van der Waals surface area contributed by atoms with Crippen molar-refractivity contribution in [3.8, 4) is 0 Å². The van der Waals surface area contributed by atoms with E-state index >= 15 is 0 Å². The maximum atomic E-state index is 11.1. The monoisotopic (exact) mass is 226 g/mol. The van der Waals surface area contributed by atoms with Crippen LogP contribution < -0.4 is 16.8 Å². The van der Waals surface area contributed by atoms with E-state index in [2.05, 4.69) is 10.3 Å². The van der Waals surface area contributed by atoms with Crippen LogP contribution in [0.4, 0.5) is 11.5 Å². The molecule has 0 spiro atoms. The molecule has 0 bridgehead atoms. The van der Waals surface area contributed by atoms with E-state index in [-0.39, 0.29) is 0 Å². The van der Waals surface area contributed by atoms with Gasteiger partial charge in [-0.15, -0.1) is 0 Å². The highest BCUT2D eigenvalue weighted by Gasteiger charge is 2.09. The number of nitrogens with two attached hydrogens (primary N) is 2. The first kappa shape index (κ1) is 11.6. The lowest BCUT2D eigenvalue weighted by molar-refractivity contribution is 0.100. The predicted octanol–water partition coefficient (Wildman–Crippen LogP) is 0.538. The SMILES string of the molecule is CSCCNc1ncc(N)cc1C(N)=O. The number of nitrogens with one attached hydrogen (secondary N) is 1. The standard InChI is InChI=1S/C9H14N4OS/c1-15-3-2-12-9-7(8(11)14)4-6(10)5-13-9/h4-5H,2-3,10H2,1H3,(H2,11,14)(H,12,13). The molecule has 0 radical (unpaired) electrons. The van der Waals surface area contributed by atoms with Gasteiger partial charge in [0, 0.05) is 12.3 Å². The van der Waals surface area contributed by atoms with Gasteiger partial charge in [0.1, 0.15) is 5.82 Å². The van der Waals surface area contributed by atoms with E-state index in [1.165, 1.54) is 12.3 Å². The lowest BCUT2D eigenvalue weighted by Gasteiger charge is -2.08. The van der Waals surface area contributed by atoms with Crippen molar-refractivity contribution in [2.24, 2.45) is 5.73 Å². The van der Waals surface area contributed by atoms with Crippen LogP contribution in [0.15, 0.2) is 12.3 Å². The summed E-state index contributed by atoms with van der Waals surface area (Å²) in [5.74, 6) is 0.900. The lowest BCUT2D eigenvalue weighted by Crippen LogP contribution is -2.17. The van der Waals surface area contributed by atoms with E-state index in [4.69, 9.17) is 11.5 Å². The molecule has 0 aliphatic heterocycles. The molecule has 0 saturated heterocycles. The highest BCUT2D eigenvalue weighted by molar-refractivity contribution is 7.98. The van der Waals surface area contributed by atoms with Crippen molar-refractivity contribution in [2.45, 2.75) is 0 Å². The zero-order chi connectivity index (χ0) is 11.3. The van der Waals surface area contributed by atoms with E-state index in [1.54, 1.807) is 11.8 Å². The van der Waals surface area contributed by atoms with E-state index < -0.39 is 5.91 Å². The summed E-state index contributed by atoms with van der Waals surface area (Å²) in [6.07, 6.45) is 3.50. The molecule has 6 heteroatoms. The molecule has 15 heavy (non-hydrogen) atoms. The molecule has 5 nitrogen and oxygen atoms in total. The molecular weight excluding hydrogens is 212 g/mol. The molecule has 1 heterocycles. The predicted molar refractivity (Wildman–Crippen MR) is 64.0 cm³/mol. The molecule has 0 unspecified atom stereocenters. The van der Waals surface area contributed by atoms with Gasteiger partial charge in [-0.25, -0.2) is 4.98 Å². The summed E-state index contributed by atoms with van der Waals surface area (Å²) in [5.41, 5.74) is 11.5. The molecule has 0 fully saturated rings. The number of pyridine rings is 1. The molecule has 0 atom stereocenters. The lowest BCUT2D eigenvalue weighted by atomic mass is 10.2. The Balaban J connectivity index is 2.81. The Labute approximate surface area is 92.6 Å². The average Bonchev–Trinajstić information content (AvgIpc) is 2.20. The number of carbonyl (C=O) groups is 1. The number of rotatable bonds is 5. The zero-order valence-corrected chi connectivity index (χ0v) is 9.30. The van der Waals surface area contributed by atoms with Crippen molar-refractivity contribution >= 4 is 29.2 Å². The number of aromatic nitrogens is 1. The quantitative estimate of drug-likeness (QED) is 0.637. The zero-order valence-electron chi connectivity index (χ0n) is 8.49. The van der Waals surface area contributed by atoms with Gasteiger partial charge in [0.25, 0.3) is 5.91 Å². The van der Waals surface area contributed by atoms with Crippen molar-refractivity contribution in [1.29, 1.82) is 0 Å². The molecule has 1 aromatic rings. The van der Waals surface area contributed by atoms with E-state index in [1.807, 2.05) is 6.26 Å². The van der Waals surface area contributed by atoms with Gasteiger partial charge < -0.3 is 16.8 Å². The fourth-order valence-corrected chi connectivity index (χ4v) is 1.39. The minimum atomic E-state index is -0.526. The van der Waals surface area contributed by atoms with Crippen molar-refractivity contribution in [3.63, 3.8) is 0 Å². The van der Waals surface area contributed by atoms with Gasteiger partial charge in [0.15, 0.2) is 0 Å². The third-order valence-electron chi connectivity index (χ3n) is 1.77. The first-order valence-corrected chi connectivity index (χ1v) is 5.82. The second kappa shape index (κ2) is 5.45. The molecule has 1 rings (SSSR count). The van der Waals surface area contributed by atoms with Crippen LogP contribution in [0, 0.1) is 0 Å². The minimum Gasteiger partial charge on any atom is -0.397 e. The Hall–Kier alpha value is -1.43. The Morgan fingerprint density at radius 2 is 2.40 bits per heavy atom. The summed E-state index contributed by atoms with van der Waals surface area (Å²) < 4.78 is 0. The summed E-state index contributed by atoms with van der Waals surface area (Å²) in [5, 5.41) is 3.03. The summed E-state index contributed by atoms with van der Waals surface area (Å²) >= 11 is 1.71. The molecule has 1 aromatic heterocycles. The van der Waals surface area contributed by atoms with Gasteiger partial charge in [0.05, 0.1) is 17.4 Å². The topological polar surface area (TPSA) is 94.0 Å². The highest BCUT2D eigenvalue weighted by atomic mass is 32.2. The second-order valence-corrected chi connectivity index (χ2v) is 3.93. The Bertz CT molecular complexity index is 356. The average molecular weight is 226 g/mol. The van der Waals surface area contributed by atoms with Crippen LogP contribution in [0.3, 0.4) is 0 Å². The van der Waals surface area contributed by atoms with Gasteiger partial charge in [-0.2, -0.15) is 11.8 Å². The number of amides is 1. The molecule has 0 aromatic carbocycles. The van der Waals surface area contributed by atoms with E-state index in [0.717, 1.165) is 12.3 Å². The first-order chi connectivity index (χ1) is 7.15. The molecule has 82 valence electrons. The number of hydrogen-bond donors (Lipinski definition) is 3.